The Balaban J connectivity index is 0.000000845. The number of hydrogen-bond donors (Lipinski definition) is 1. The van der Waals surface area contributed by atoms with Crippen LogP contribution in [0, 0.1) is 5.41 Å². The molecule has 0 aromatic heterocycles. The lowest BCUT2D eigenvalue weighted by Crippen LogP contribution is -2.67. The Labute approximate surface area is 79.3 Å². The molecule has 78 valence electrons. The van der Waals surface area contributed by atoms with Gasteiger partial charge in [0.25, 0.3) is 0 Å². The van der Waals surface area contributed by atoms with Gasteiger partial charge < -0.3 is 5.32 Å². The quantitative estimate of drug-likeness (QED) is 0.615. The first kappa shape index (κ1) is 11.0. The molecule has 1 heterocycles. The van der Waals surface area contributed by atoms with Crippen LogP contribution in [0.4, 0.5) is 17.6 Å². The lowest BCUT2D eigenvalue weighted by Gasteiger charge is -2.51. The van der Waals surface area contributed by atoms with E-state index in [1.165, 1.54) is 0 Å². The summed E-state index contributed by atoms with van der Waals surface area (Å²) < 4.78 is 50.6. The molecule has 2 aliphatic rings. The van der Waals surface area contributed by atoms with Gasteiger partial charge in [-0.3, -0.25) is 0 Å². The van der Waals surface area contributed by atoms with E-state index in [0.717, 1.165) is 0 Å². The maximum absolute atomic E-state index is 12.9. The SMILES string of the molecule is Cl.FC1(F)CC2(CCNC2)C1(F)F. The van der Waals surface area contributed by atoms with Crippen molar-refractivity contribution in [2.24, 2.45) is 5.41 Å². The highest BCUT2D eigenvalue weighted by atomic mass is 35.5. The van der Waals surface area contributed by atoms with Crippen molar-refractivity contribution in [2.45, 2.75) is 24.7 Å². The fourth-order valence-corrected chi connectivity index (χ4v) is 2.09. The van der Waals surface area contributed by atoms with Crippen molar-refractivity contribution in [1.82, 2.24) is 5.32 Å². The Morgan fingerprint density at radius 1 is 1.08 bits per heavy atom. The molecule has 0 aromatic rings. The Morgan fingerprint density at radius 2 is 1.69 bits per heavy atom. The van der Waals surface area contributed by atoms with Crippen molar-refractivity contribution >= 4 is 12.4 Å². The third-order valence-corrected chi connectivity index (χ3v) is 2.93. The third kappa shape index (κ3) is 1.09. The summed E-state index contributed by atoms with van der Waals surface area (Å²) in [6, 6.07) is 0. The lowest BCUT2D eigenvalue weighted by atomic mass is 9.62. The molecule has 1 atom stereocenters. The normalized spacial score (nSPS) is 39.7. The van der Waals surface area contributed by atoms with E-state index >= 15 is 0 Å². The summed E-state index contributed by atoms with van der Waals surface area (Å²) in [6.45, 7) is 0.446. The van der Waals surface area contributed by atoms with Gasteiger partial charge in [0.2, 0.25) is 0 Å². The van der Waals surface area contributed by atoms with E-state index in [9.17, 15) is 17.6 Å². The van der Waals surface area contributed by atoms with Crippen molar-refractivity contribution < 1.29 is 17.6 Å². The first-order chi connectivity index (χ1) is 5.41. The van der Waals surface area contributed by atoms with Gasteiger partial charge in [0.05, 0.1) is 5.41 Å². The minimum absolute atomic E-state index is 0. The lowest BCUT2D eigenvalue weighted by molar-refractivity contribution is -0.351. The second-order valence-corrected chi connectivity index (χ2v) is 3.66. The smallest absolute Gasteiger partial charge is 0.316 e. The molecule has 1 N–H and O–H groups in total. The van der Waals surface area contributed by atoms with E-state index in [4.69, 9.17) is 0 Å². The van der Waals surface area contributed by atoms with Crippen LogP contribution in [0.5, 0.6) is 0 Å². The van der Waals surface area contributed by atoms with Crippen LogP contribution in [-0.2, 0) is 0 Å². The van der Waals surface area contributed by atoms with Crippen molar-refractivity contribution in [3.05, 3.63) is 0 Å². The molecule has 1 saturated heterocycles. The minimum Gasteiger partial charge on any atom is -0.316 e. The highest BCUT2D eigenvalue weighted by Gasteiger charge is 2.80. The molecule has 1 aliphatic heterocycles. The Bertz CT molecular complexity index is 213. The first-order valence-electron chi connectivity index (χ1n) is 3.88. The molecule has 2 fully saturated rings. The topological polar surface area (TPSA) is 12.0 Å². The predicted octanol–water partition coefficient (Wildman–Crippen LogP) is 2.06. The van der Waals surface area contributed by atoms with Gasteiger partial charge in [-0.15, -0.1) is 12.4 Å². The average molecular weight is 220 g/mol. The van der Waals surface area contributed by atoms with Crippen LogP contribution in [0.25, 0.3) is 0 Å². The number of hydrogen-bond acceptors (Lipinski definition) is 1. The molecule has 1 saturated carbocycles. The zero-order chi connectivity index (χ0) is 9.04. The van der Waals surface area contributed by atoms with E-state index in [-0.39, 0.29) is 25.4 Å². The minimum atomic E-state index is -3.80. The molecular weight excluding hydrogens is 210 g/mol. The summed E-state index contributed by atoms with van der Waals surface area (Å²) >= 11 is 0. The van der Waals surface area contributed by atoms with Crippen LogP contribution in [0.3, 0.4) is 0 Å². The Hall–Kier alpha value is -0.0300. The molecule has 6 heteroatoms. The molecule has 1 nitrogen and oxygen atoms in total. The van der Waals surface area contributed by atoms with Crippen LogP contribution in [-0.4, -0.2) is 24.9 Å². The summed E-state index contributed by atoms with van der Waals surface area (Å²) in [5, 5.41) is 2.70. The van der Waals surface area contributed by atoms with E-state index in [1.54, 1.807) is 0 Å². The monoisotopic (exact) mass is 219 g/mol. The molecule has 0 bridgehead atoms. The molecule has 1 aliphatic carbocycles. The summed E-state index contributed by atoms with van der Waals surface area (Å²) in [7, 11) is 0. The predicted molar refractivity (Wildman–Crippen MR) is 41.7 cm³/mol. The summed E-state index contributed by atoms with van der Waals surface area (Å²) in [6.07, 6.45) is -0.504. The first-order valence-corrected chi connectivity index (χ1v) is 3.88. The van der Waals surface area contributed by atoms with E-state index in [2.05, 4.69) is 5.32 Å². The molecule has 1 spiro atoms. The van der Waals surface area contributed by atoms with Gasteiger partial charge in [-0.1, -0.05) is 0 Å². The number of rotatable bonds is 0. The summed E-state index contributed by atoms with van der Waals surface area (Å²) in [4.78, 5) is 0. The maximum atomic E-state index is 12.9. The molecule has 0 aromatic carbocycles. The van der Waals surface area contributed by atoms with Crippen LogP contribution in [0.2, 0.25) is 0 Å². The zero-order valence-corrected chi connectivity index (χ0v) is 7.57. The van der Waals surface area contributed by atoms with E-state index in [0.29, 0.717) is 6.54 Å². The van der Waals surface area contributed by atoms with Crippen molar-refractivity contribution in [2.75, 3.05) is 13.1 Å². The largest absolute Gasteiger partial charge is 0.317 e. The fraction of sp³-hybridized carbons (Fsp3) is 1.00. The Morgan fingerprint density at radius 3 is 2.00 bits per heavy atom. The van der Waals surface area contributed by atoms with Gasteiger partial charge >= 0.3 is 11.8 Å². The van der Waals surface area contributed by atoms with Crippen molar-refractivity contribution in [3.8, 4) is 0 Å². The number of nitrogens with one attached hydrogen (secondary N) is 1. The van der Waals surface area contributed by atoms with Gasteiger partial charge in [-0.05, 0) is 13.0 Å². The van der Waals surface area contributed by atoms with Gasteiger partial charge in [-0.2, -0.15) is 17.6 Å². The zero-order valence-electron chi connectivity index (χ0n) is 6.75. The highest BCUT2D eigenvalue weighted by Crippen LogP contribution is 2.65. The number of halogens is 5. The summed E-state index contributed by atoms with van der Waals surface area (Å²) in [5.74, 6) is -7.58. The van der Waals surface area contributed by atoms with Gasteiger partial charge in [0, 0.05) is 13.0 Å². The van der Waals surface area contributed by atoms with Gasteiger partial charge in [-0.25, -0.2) is 0 Å². The van der Waals surface area contributed by atoms with Gasteiger partial charge in [0.1, 0.15) is 0 Å². The highest BCUT2D eigenvalue weighted by molar-refractivity contribution is 5.85. The second kappa shape index (κ2) is 2.73. The fourth-order valence-electron chi connectivity index (χ4n) is 2.09. The molecule has 1 unspecified atom stereocenters. The molecule has 2 rings (SSSR count). The van der Waals surface area contributed by atoms with Crippen LogP contribution < -0.4 is 5.32 Å². The third-order valence-electron chi connectivity index (χ3n) is 2.93. The Kier molecular flexibility index (Phi) is 2.32. The van der Waals surface area contributed by atoms with Crippen LogP contribution in [0.15, 0.2) is 0 Å². The molecular formula is C7H10ClF4N. The average Bonchev–Trinajstić information content (AvgIpc) is 2.37. The standard InChI is InChI=1S/C7H9F4N.ClH/c8-6(9)3-5(7(6,10)11)1-2-12-4-5;/h12H,1-4H2;1H. The molecule has 0 radical (unpaired) electrons. The van der Waals surface area contributed by atoms with Crippen molar-refractivity contribution in [1.29, 1.82) is 0 Å². The van der Waals surface area contributed by atoms with Crippen LogP contribution in [0.1, 0.15) is 12.8 Å². The number of alkyl halides is 4. The van der Waals surface area contributed by atoms with Crippen LogP contribution >= 0.6 is 12.4 Å². The second-order valence-electron chi connectivity index (χ2n) is 3.66. The van der Waals surface area contributed by atoms with E-state index < -0.39 is 23.7 Å². The molecule has 13 heavy (non-hydrogen) atoms. The van der Waals surface area contributed by atoms with Crippen molar-refractivity contribution in [3.63, 3.8) is 0 Å². The molecule has 0 amide bonds. The van der Waals surface area contributed by atoms with E-state index in [1.807, 2.05) is 0 Å². The summed E-state index contributed by atoms with van der Waals surface area (Å²) in [5.41, 5.74) is -1.45. The van der Waals surface area contributed by atoms with Gasteiger partial charge in [0.15, 0.2) is 0 Å². The maximum Gasteiger partial charge on any atom is 0.317 e.